The topological polar surface area (TPSA) is 97.6 Å². The Labute approximate surface area is 230 Å². The molecule has 1 heterocycles. The van der Waals surface area contributed by atoms with Gasteiger partial charge in [-0.1, -0.05) is 68.4 Å². The summed E-state index contributed by atoms with van der Waals surface area (Å²) in [5, 5.41) is 8.67. The first-order chi connectivity index (χ1) is 18.9. The maximum absolute atomic E-state index is 13.7. The Hall–Kier alpha value is -4.10. The van der Waals surface area contributed by atoms with Crippen molar-refractivity contribution in [3.05, 3.63) is 95.4 Å². The van der Waals surface area contributed by atoms with Crippen LogP contribution in [-0.2, 0) is 18.5 Å². The second kappa shape index (κ2) is 12.6. The number of aliphatic imine (C=N–C) groups is 1. The highest BCUT2D eigenvalue weighted by molar-refractivity contribution is 5.97. The molecule has 1 amide bonds. The monoisotopic (exact) mass is 523 g/mol. The zero-order valence-corrected chi connectivity index (χ0v) is 23.1. The van der Waals surface area contributed by atoms with Crippen LogP contribution in [0.15, 0.2) is 82.2 Å². The fraction of sp³-hybridized carbons (Fsp3) is 0.312. The van der Waals surface area contributed by atoms with E-state index in [2.05, 4.69) is 35.8 Å². The molecule has 0 saturated carbocycles. The maximum Gasteiger partial charge on any atom is 0.253 e. The number of amides is 1. The fourth-order valence-corrected chi connectivity index (χ4v) is 4.79. The van der Waals surface area contributed by atoms with E-state index in [-0.39, 0.29) is 5.91 Å². The molecule has 0 bridgehead atoms. The number of nitrogens with two attached hydrogens (primary N) is 1. The third-order valence-corrected chi connectivity index (χ3v) is 6.64. The lowest BCUT2D eigenvalue weighted by Gasteiger charge is -2.22. The molecule has 0 radical (unpaired) electrons. The lowest BCUT2D eigenvalue weighted by atomic mass is 9.94. The summed E-state index contributed by atoms with van der Waals surface area (Å²) in [6, 6.07) is 23.7. The summed E-state index contributed by atoms with van der Waals surface area (Å²) in [5.41, 5.74) is 11.0. The van der Waals surface area contributed by atoms with Gasteiger partial charge in [0, 0.05) is 24.2 Å². The Kier molecular flexibility index (Phi) is 9.04. The molecule has 0 saturated heterocycles. The highest BCUT2D eigenvalue weighted by atomic mass is 16.4. The van der Waals surface area contributed by atoms with Gasteiger partial charge in [-0.3, -0.25) is 9.79 Å². The Bertz CT molecular complexity index is 1410. The quantitative estimate of drug-likeness (QED) is 0.220. The van der Waals surface area contributed by atoms with Crippen molar-refractivity contribution < 1.29 is 9.21 Å². The zero-order valence-electron chi connectivity index (χ0n) is 23.1. The van der Waals surface area contributed by atoms with Crippen LogP contribution in [0.1, 0.15) is 61.0 Å². The number of carbonyl (C=O) groups excluding carboxylic acids is 1. The molecule has 0 aliphatic carbocycles. The minimum atomic E-state index is -0.857. The summed E-state index contributed by atoms with van der Waals surface area (Å²) >= 11 is 0. The number of hydrogen-bond acceptors (Lipinski definition) is 6. The third-order valence-electron chi connectivity index (χ3n) is 6.64. The number of rotatable bonds is 12. The van der Waals surface area contributed by atoms with Gasteiger partial charge in [-0.05, 0) is 73.4 Å². The molecule has 202 valence electrons. The molecule has 1 atom stereocenters. The van der Waals surface area contributed by atoms with Crippen LogP contribution in [0.4, 0.5) is 0 Å². The van der Waals surface area contributed by atoms with Crippen LogP contribution in [0.3, 0.4) is 0 Å². The van der Waals surface area contributed by atoms with Gasteiger partial charge in [0.1, 0.15) is 0 Å². The van der Waals surface area contributed by atoms with E-state index in [1.807, 2.05) is 84.6 Å². The van der Waals surface area contributed by atoms with Crippen LogP contribution in [0.5, 0.6) is 0 Å². The normalized spacial score (nSPS) is 12.6. The molecule has 1 unspecified atom stereocenters. The lowest BCUT2D eigenvalue weighted by molar-refractivity contribution is 0.0755. The van der Waals surface area contributed by atoms with Crippen LogP contribution in [0.2, 0.25) is 0 Å². The van der Waals surface area contributed by atoms with Crippen molar-refractivity contribution in [2.45, 2.75) is 52.1 Å². The number of nitrogens with zero attached hydrogens (tertiary/aromatic N) is 4. The zero-order chi connectivity index (χ0) is 27.8. The molecule has 0 aliphatic heterocycles. The van der Waals surface area contributed by atoms with Gasteiger partial charge in [0.15, 0.2) is 0 Å². The van der Waals surface area contributed by atoms with Crippen LogP contribution in [-0.4, -0.2) is 40.8 Å². The molecule has 0 aliphatic rings. The van der Waals surface area contributed by atoms with E-state index in [1.165, 1.54) is 0 Å². The van der Waals surface area contributed by atoms with Crippen molar-refractivity contribution in [2.75, 3.05) is 13.1 Å². The SMILES string of the molecule is C=NCc1ccccc1-c1cc(C(=O)N(CCC)CCC)cc(-c2nnc(C(C)(N)Cc3ccccc3)o2)c1. The molecule has 1 aromatic heterocycles. The third kappa shape index (κ3) is 6.67. The predicted octanol–water partition coefficient (Wildman–Crippen LogP) is 6.28. The lowest BCUT2D eigenvalue weighted by Crippen LogP contribution is -2.35. The van der Waals surface area contributed by atoms with Crippen molar-refractivity contribution in [1.82, 2.24) is 15.1 Å². The number of aromatic nitrogens is 2. The molecular formula is C32H37N5O2. The number of benzene rings is 3. The molecule has 7 nitrogen and oxygen atoms in total. The van der Waals surface area contributed by atoms with E-state index in [4.69, 9.17) is 10.2 Å². The van der Waals surface area contributed by atoms with Gasteiger partial charge in [0.05, 0.1) is 12.1 Å². The van der Waals surface area contributed by atoms with Crippen LogP contribution in [0.25, 0.3) is 22.6 Å². The minimum absolute atomic E-state index is 0.0198. The first-order valence-electron chi connectivity index (χ1n) is 13.5. The van der Waals surface area contributed by atoms with Crippen molar-refractivity contribution >= 4 is 12.6 Å². The average Bonchev–Trinajstić information content (AvgIpc) is 3.45. The Morgan fingerprint density at radius 2 is 1.64 bits per heavy atom. The molecule has 2 N–H and O–H groups in total. The van der Waals surface area contributed by atoms with Crippen molar-refractivity contribution in [1.29, 1.82) is 0 Å². The summed E-state index contributed by atoms with van der Waals surface area (Å²) in [7, 11) is 0. The first-order valence-corrected chi connectivity index (χ1v) is 13.5. The van der Waals surface area contributed by atoms with E-state index < -0.39 is 5.54 Å². The predicted molar refractivity (Wildman–Crippen MR) is 157 cm³/mol. The Morgan fingerprint density at radius 3 is 2.33 bits per heavy atom. The van der Waals surface area contributed by atoms with Gasteiger partial charge in [-0.25, -0.2) is 0 Å². The highest BCUT2D eigenvalue weighted by Crippen LogP contribution is 2.32. The number of carbonyl (C=O) groups is 1. The van der Waals surface area contributed by atoms with Crippen LogP contribution in [0, 0.1) is 0 Å². The van der Waals surface area contributed by atoms with Crippen molar-refractivity contribution in [2.24, 2.45) is 10.7 Å². The van der Waals surface area contributed by atoms with Gasteiger partial charge >= 0.3 is 0 Å². The standard InChI is InChI=1S/C32H37N5O2/c1-5-16-37(17-6-2)30(38)27-19-25(28-15-11-10-14-24(28)22-34-4)18-26(20-27)29-35-36-31(39-29)32(3,33)21-23-12-8-7-9-13-23/h7-15,18-20H,4-6,16-17,21-22,33H2,1-3H3. The van der Waals surface area contributed by atoms with Gasteiger partial charge in [-0.2, -0.15) is 0 Å². The summed E-state index contributed by atoms with van der Waals surface area (Å²) < 4.78 is 6.16. The van der Waals surface area contributed by atoms with Gasteiger partial charge in [0.25, 0.3) is 5.91 Å². The van der Waals surface area contributed by atoms with E-state index >= 15 is 0 Å². The largest absolute Gasteiger partial charge is 0.419 e. The summed E-state index contributed by atoms with van der Waals surface area (Å²) in [6.45, 7) is 11.6. The van der Waals surface area contributed by atoms with Gasteiger partial charge < -0.3 is 15.1 Å². The summed E-state index contributed by atoms with van der Waals surface area (Å²) in [5.74, 6) is 0.644. The Balaban J connectivity index is 1.78. The molecular weight excluding hydrogens is 486 g/mol. The van der Waals surface area contributed by atoms with Gasteiger partial charge in [-0.15, -0.1) is 10.2 Å². The highest BCUT2D eigenvalue weighted by Gasteiger charge is 2.29. The maximum atomic E-state index is 13.7. The van der Waals surface area contributed by atoms with E-state index in [0.29, 0.717) is 49.0 Å². The molecule has 4 rings (SSSR count). The smallest absolute Gasteiger partial charge is 0.253 e. The van der Waals surface area contributed by atoms with Gasteiger partial charge in [0.2, 0.25) is 11.8 Å². The summed E-state index contributed by atoms with van der Waals surface area (Å²) in [6.07, 6.45) is 2.31. The van der Waals surface area contributed by atoms with Crippen LogP contribution < -0.4 is 5.73 Å². The minimum Gasteiger partial charge on any atom is -0.419 e. The van der Waals surface area contributed by atoms with E-state index in [1.54, 1.807) is 0 Å². The molecule has 4 aromatic rings. The molecule has 0 spiro atoms. The van der Waals surface area contributed by atoms with Crippen LogP contribution >= 0.6 is 0 Å². The average molecular weight is 524 g/mol. The fourth-order valence-electron chi connectivity index (χ4n) is 4.79. The van der Waals surface area contributed by atoms with E-state index in [9.17, 15) is 4.79 Å². The molecule has 39 heavy (non-hydrogen) atoms. The molecule has 7 heteroatoms. The first kappa shape index (κ1) is 27.9. The van der Waals surface area contributed by atoms with Crippen molar-refractivity contribution in [3.63, 3.8) is 0 Å². The van der Waals surface area contributed by atoms with E-state index in [0.717, 1.165) is 35.1 Å². The number of hydrogen-bond donors (Lipinski definition) is 1. The molecule has 0 fully saturated rings. The summed E-state index contributed by atoms with van der Waals surface area (Å²) in [4.78, 5) is 19.7. The second-order valence-corrected chi connectivity index (χ2v) is 10.1. The molecule has 3 aromatic carbocycles. The Morgan fingerprint density at radius 1 is 0.974 bits per heavy atom. The van der Waals surface area contributed by atoms with Crippen molar-refractivity contribution in [3.8, 4) is 22.6 Å². The second-order valence-electron chi connectivity index (χ2n) is 10.1.